The molecule has 1 aliphatic rings. The molecule has 3 nitrogen and oxygen atoms in total. The predicted octanol–water partition coefficient (Wildman–Crippen LogP) is 3.37. The van der Waals surface area contributed by atoms with Crippen LogP contribution in [0.4, 0.5) is 4.39 Å². The maximum absolute atomic E-state index is 14.1. The Morgan fingerprint density at radius 2 is 2.24 bits per heavy atom. The Bertz CT molecular complexity index is 503. The molecule has 1 saturated carbocycles. The topological polar surface area (TPSA) is 38.3 Å². The summed E-state index contributed by atoms with van der Waals surface area (Å²) in [5, 5.41) is 3.18. The highest BCUT2D eigenvalue weighted by Crippen LogP contribution is 2.52. The largest absolute Gasteiger partial charge is 0.469 e. The molecule has 2 rings (SSSR count). The lowest BCUT2D eigenvalue weighted by atomic mass is 10.1. The molecule has 0 saturated heterocycles. The van der Waals surface area contributed by atoms with Crippen molar-refractivity contribution in [2.24, 2.45) is 5.41 Å². The number of methoxy groups -OCH3 is 1. The van der Waals surface area contributed by atoms with Crippen LogP contribution in [0.2, 0.25) is 0 Å². The number of rotatable bonds is 8. The molecular formula is C16H22FNO2S. The van der Waals surface area contributed by atoms with Gasteiger partial charge >= 0.3 is 5.97 Å². The van der Waals surface area contributed by atoms with Crippen LogP contribution in [0.25, 0.3) is 0 Å². The van der Waals surface area contributed by atoms with Gasteiger partial charge in [0.1, 0.15) is 5.82 Å². The second-order valence-corrected chi connectivity index (χ2v) is 6.60. The zero-order valence-electron chi connectivity index (χ0n) is 12.6. The van der Waals surface area contributed by atoms with Gasteiger partial charge in [0.15, 0.2) is 0 Å². The highest BCUT2D eigenvalue weighted by molar-refractivity contribution is 7.99. The van der Waals surface area contributed by atoms with Gasteiger partial charge in [0.2, 0.25) is 0 Å². The number of halogens is 1. The third-order valence-corrected chi connectivity index (χ3v) is 5.21. The zero-order valence-corrected chi connectivity index (χ0v) is 13.4. The van der Waals surface area contributed by atoms with Gasteiger partial charge in [-0.25, -0.2) is 4.39 Å². The number of esters is 1. The second-order valence-electron chi connectivity index (χ2n) is 5.59. The fourth-order valence-electron chi connectivity index (χ4n) is 2.20. The van der Waals surface area contributed by atoms with Crippen molar-refractivity contribution in [3.05, 3.63) is 29.6 Å². The van der Waals surface area contributed by atoms with Crippen LogP contribution in [0, 0.1) is 11.2 Å². The standard InChI is InChI=1S/C16H22FNO2S/c1-3-18-10-12-4-5-14(13(17)8-12)21-11-16(6-7-16)9-15(19)20-2/h4-5,8,18H,3,6-7,9-11H2,1-2H3. The molecule has 0 atom stereocenters. The SMILES string of the molecule is CCNCc1ccc(SCC2(CC(=O)OC)CC2)c(F)c1. The molecule has 0 radical (unpaired) electrons. The van der Waals surface area contributed by atoms with Gasteiger partial charge < -0.3 is 10.1 Å². The monoisotopic (exact) mass is 311 g/mol. The van der Waals surface area contributed by atoms with Crippen molar-refractivity contribution in [3.8, 4) is 0 Å². The lowest BCUT2D eigenvalue weighted by molar-refractivity contribution is -0.141. The quantitative estimate of drug-likeness (QED) is 0.590. The van der Waals surface area contributed by atoms with Crippen LogP contribution in [0.1, 0.15) is 31.7 Å². The maximum Gasteiger partial charge on any atom is 0.306 e. The number of benzene rings is 1. The number of ether oxygens (including phenoxy) is 1. The molecule has 116 valence electrons. The van der Waals surface area contributed by atoms with E-state index in [9.17, 15) is 9.18 Å². The van der Waals surface area contributed by atoms with E-state index < -0.39 is 0 Å². The predicted molar refractivity (Wildman–Crippen MR) is 82.8 cm³/mol. The van der Waals surface area contributed by atoms with E-state index in [4.69, 9.17) is 4.74 Å². The Balaban J connectivity index is 1.90. The molecule has 1 N–H and O–H groups in total. The molecule has 0 aliphatic heterocycles. The van der Waals surface area contributed by atoms with E-state index in [-0.39, 0.29) is 17.2 Å². The highest BCUT2D eigenvalue weighted by atomic mass is 32.2. The second kappa shape index (κ2) is 7.27. The van der Waals surface area contributed by atoms with Crippen LogP contribution in [0.3, 0.4) is 0 Å². The zero-order chi connectivity index (χ0) is 15.3. The summed E-state index contributed by atoms with van der Waals surface area (Å²) in [5.74, 6) is 0.421. The van der Waals surface area contributed by atoms with Gasteiger partial charge in [-0.3, -0.25) is 4.79 Å². The van der Waals surface area contributed by atoms with Gasteiger partial charge in [0, 0.05) is 17.2 Å². The minimum atomic E-state index is -0.177. The first-order chi connectivity index (χ1) is 10.1. The van der Waals surface area contributed by atoms with Crippen LogP contribution >= 0.6 is 11.8 Å². The average molecular weight is 311 g/mol. The van der Waals surface area contributed by atoms with E-state index in [1.54, 1.807) is 6.07 Å². The molecular weight excluding hydrogens is 289 g/mol. The Hall–Kier alpha value is -1.07. The Kier molecular flexibility index (Phi) is 5.65. The third kappa shape index (κ3) is 4.71. The fourth-order valence-corrected chi connectivity index (χ4v) is 3.41. The van der Waals surface area contributed by atoms with Crippen molar-refractivity contribution < 1.29 is 13.9 Å². The lowest BCUT2D eigenvalue weighted by Gasteiger charge is -2.13. The number of hydrogen-bond acceptors (Lipinski definition) is 4. The first-order valence-corrected chi connectivity index (χ1v) is 8.26. The molecule has 0 unspecified atom stereocenters. The van der Waals surface area contributed by atoms with Crippen molar-refractivity contribution in [3.63, 3.8) is 0 Å². The number of thioether (sulfide) groups is 1. The first-order valence-electron chi connectivity index (χ1n) is 7.27. The Morgan fingerprint density at radius 3 is 2.81 bits per heavy atom. The van der Waals surface area contributed by atoms with E-state index in [2.05, 4.69) is 5.32 Å². The molecule has 1 aromatic carbocycles. The molecule has 0 bridgehead atoms. The van der Waals surface area contributed by atoms with Crippen molar-refractivity contribution >= 4 is 17.7 Å². The Labute approximate surface area is 129 Å². The smallest absolute Gasteiger partial charge is 0.306 e. The van der Waals surface area contributed by atoms with Crippen LogP contribution in [-0.2, 0) is 16.1 Å². The van der Waals surface area contributed by atoms with Gasteiger partial charge in [-0.1, -0.05) is 13.0 Å². The minimum absolute atomic E-state index is 0.0205. The molecule has 0 aromatic heterocycles. The summed E-state index contributed by atoms with van der Waals surface area (Å²) in [6, 6.07) is 5.37. The average Bonchev–Trinajstić information content (AvgIpc) is 3.24. The van der Waals surface area contributed by atoms with Gasteiger partial charge in [-0.15, -0.1) is 11.8 Å². The summed E-state index contributed by atoms with van der Waals surface area (Å²) in [6.07, 6.45) is 2.49. The van der Waals surface area contributed by atoms with Crippen molar-refractivity contribution in [2.45, 2.75) is 37.6 Å². The summed E-state index contributed by atoms with van der Waals surface area (Å²) >= 11 is 1.50. The number of carbonyl (C=O) groups is 1. The molecule has 1 aliphatic carbocycles. The summed E-state index contributed by atoms with van der Waals surface area (Å²) < 4.78 is 18.8. The Morgan fingerprint density at radius 1 is 1.48 bits per heavy atom. The maximum atomic E-state index is 14.1. The van der Waals surface area contributed by atoms with Crippen LogP contribution < -0.4 is 5.32 Å². The molecule has 1 fully saturated rings. The molecule has 0 amide bonds. The van der Waals surface area contributed by atoms with E-state index in [0.29, 0.717) is 17.9 Å². The van der Waals surface area contributed by atoms with E-state index in [1.165, 1.54) is 18.9 Å². The molecule has 21 heavy (non-hydrogen) atoms. The van der Waals surface area contributed by atoms with Gasteiger partial charge in [-0.2, -0.15) is 0 Å². The molecule has 5 heteroatoms. The summed E-state index contributed by atoms with van der Waals surface area (Å²) in [6.45, 7) is 3.58. The van der Waals surface area contributed by atoms with Crippen LogP contribution in [0.15, 0.2) is 23.1 Å². The summed E-state index contributed by atoms with van der Waals surface area (Å²) in [7, 11) is 1.41. The normalized spacial score (nSPS) is 15.8. The number of carbonyl (C=O) groups excluding carboxylic acids is 1. The first kappa shape index (κ1) is 16.3. The van der Waals surface area contributed by atoms with Crippen LogP contribution in [0.5, 0.6) is 0 Å². The van der Waals surface area contributed by atoms with E-state index in [0.717, 1.165) is 30.7 Å². The van der Waals surface area contributed by atoms with E-state index >= 15 is 0 Å². The van der Waals surface area contributed by atoms with Crippen molar-refractivity contribution in [1.29, 1.82) is 0 Å². The number of nitrogens with one attached hydrogen (secondary N) is 1. The molecule has 1 aromatic rings. The lowest BCUT2D eigenvalue weighted by Crippen LogP contribution is -2.13. The van der Waals surface area contributed by atoms with Gasteiger partial charge in [0.05, 0.1) is 13.5 Å². The molecule has 0 spiro atoms. The highest BCUT2D eigenvalue weighted by Gasteiger charge is 2.44. The van der Waals surface area contributed by atoms with Gasteiger partial charge in [0.25, 0.3) is 0 Å². The number of hydrogen-bond donors (Lipinski definition) is 1. The fraction of sp³-hybridized carbons (Fsp3) is 0.562. The van der Waals surface area contributed by atoms with Crippen LogP contribution in [-0.4, -0.2) is 25.4 Å². The third-order valence-electron chi connectivity index (χ3n) is 3.81. The van der Waals surface area contributed by atoms with E-state index in [1.807, 2.05) is 19.1 Å². The van der Waals surface area contributed by atoms with Crippen molar-refractivity contribution in [1.82, 2.24) is 5.32 Å². The van der Waals surface area contributed by atoms with Crippen molar-refractivity contribution in [2.75, 3.05) is 19.4 Å². The van der Waals surface area contributed by atoms with Gasteiger partial charge in [-0.05, 0) is 42.5 Å². The summed E-state index contributed by atoms with van der Waals surface area (Å²) in [5.41, 5.74) is 0.974. The summed E-state index contributed by atoms with van der Waals surface area (Å²) in [4.78, 5) is 12.0. The molecule has 0 heterocycles. The minimum Gasteiger partial charge on any atom is -0.469 e.